The molecule has 0 fully saturated rings. The first-order chi connectivity index (χ1) is 18.2. The molecule has 1 aromatic heterocycles. The summed E-state index contributed by atoms with van der Waals surface area (Å²) in [6.07, 6.45) is 6.35. The first-order valence-corrected chi connectivity index (χ1v) is 12.0. The van der Waals surface area contributed by atoms with Crippen molar-refractivity contribution in [2.45, 2.75) is 32.1 Å². The summed E-state index contributed by atoms with van der Waals surface area (Å²) in [5.74, 6) is -3.41. The molecule has 1 heterocycles. The van der Waals surface area contributed by atoms with E-state index in [4.69, 9.17) is 4.74 Å². The topological polar surface area (TPSA) is 73.3 Å². The van der Waals surface area contributed by atoms with Crippen LogP contribution in [0.3, 0.4) is 0 Å². The average molecular weight is 520 g/mol. The summed E-state index contributed by atoms with van der Waals surface area (Å²) in [6, 6.07) is 10.6. The number of allylic oxidation sites excluding steroid dienone is 3. The minimum Gasteiger partial charge on any atom is -0.486 e. The number of benzene rings is 2. The van der Waals surface area contributed by atoms with Crippen LogP contribution in [-0.4, -0.2) is 28.9 Å². The van der Waals surface area contributed by atoms with Gasteiger partial charge in [0.05, 0.1) is 11.3 Å². The molecule has 0 spiro atoms. The number of nitrogens with zero attached hydrogens (tertiary/aromatic N) is 1. The zero-order chi connectivity index (χ0) is 27.2. The first-order valence-electron chi connectivity index (χ1n) is 12.0. The van der Waals surface area contributed by atoms with Crippen molar-refractivity contribution in [2.75, 3.05) is 6.61 Å². The predicted octanol–water partition coefficient (Wildman–Crippen LogP) is 6.08. The van der Waals surface area contributed by atoms with Crippen LogP contribution in [-0.2, 0) is 20.7 Å². The Morgan fingerprint density at radius 3 is 2.53 bits per heavy atom. The quantitative estimate of drug-likeness (QED) is 0.304. The second-order valence-electron chi connectivity index (χ2n) is 9.02. The summed E-state index contributed by atoms with van der Waals surface area (Å²) < 4.78 is 47.6. The number of Topliss-reactive ketones (excluding diaryl/α,β-unsaturated/α-hetero) is 2. The standard InChI is InChI=1S/C30H24F3NO4/c1-18(35)28-14-20(7-8-29(28)33)27-6-3-9-34-30(27)21(10-19-11-22(31)15-23(32)12-19)13-25(37)17-38-26-5-2-4-24(36)16-26/h2-3,5-9,11-12,14-16,21H,4,10,13,17H2,1H3/t21-/m1/s1. The zero-order valence-electron chi connectivity index (χ0n) is 20.5. The number of carbonyl (C=O) groups is 3. The summed E-state index contributed by atoms with van der Waals surface area (Å²) in [5, 5.41) is 0. The maximum absolute atomic E-state index is 14.2. The number of pyridine rings is 1. The van der Waals surface area contributed by atoms with E-state index in [1.165, 1.54) is 49.5 Å². The van der Waals surface area contributed by atoms with E-state index in [9.17, 15) is 27.6 Å². The molecule has 0 radical (unpaired) electrons. The maximum Gasteiger partial charge on any atom is 0.170 e. The molecule has 1 aliphatic rings. The number of aromatic nitrogens is 1. The summed E-state index contributed by atoms with van der Waals surface area (Å²) in [7, 11) is 0. The van der Waals surface area contributed by atoms with E-state index in [1.54, 1.807) is 24.3 Å². The van der Waals surface area contributed by atoms with E-state index >= 15 is 0 Å². The van der Waals surface area contributed by atoms with Gasteiger partial charge in [-0.05, 0) is 60.9 Å². The highest BCUT2D eigenvalue weighted by Gasteiger charge is 2.23. The molecule has 2 aromatic carbocycles. The highest BCUT2D eigenvalue weighted by atomic mass is 19.1. The molecule has 0 saturated carbocycles. The molecule has 0 N–H and O–H groups in total. The number of carbonyl (C=O) groups excluding carboxylic acids is 3. The van der Waals surface area contributed by atoms with Gasteiger partial charge in [-0.25, -0.2) is 13.2 Å². The SMILES string of the molecule is CC(=O)c1cc(-c2cccnc2[C@@H](CC(=O)COC2=CC(=O)CC=C2)Cc2cc(F)cc(F)c2)ccc1F. The van der Waals surface area contributed by atoms with Gasteiger partial charge in [0.25, 0.3) is 0 Å². The monoisotopic (exact) mass is 519 g/mol. The summed E-state index contributed by atoms with van der Waals surface area (Å²) >= 11 is 0. The van der Waals surface area contributed by atoms with Crippen molar-refractivity contribution in [1.29, 1.82) is 0 Å². The third-order valence-electron chi connectivity index (χ3n) is 6.06. The van der Waals surface area contributed by atoms with Gasteiger partial charge in [-0.2, -0.15) is 0 Å². The Morgan fingerprint density at radius 1 is 1.05 bits per heavy atom. The molecule has 3 aromatic rings. The number of hydrogen-bond acceptors (Lipinski definition) is 5. The lowest BCUT2D eigenvalue weighted by Gasteiger charge is -2.20. The van der Waals surface area contributed by atoms with Crippen molar-refractivity contribution in [1.82, 2.24) is 4.98 Å². The molecule has 1 atom stereocenters. The molecule has 0 amide bonds. The Kier molecular flexibility index (Phi) is 8.31. The van der Waals surface area contributed by atoms with Gasteiger partial charge in [0.15, 0.2) is 17.3 Å². The van der Waals surface area contributed by atoms with Crippen LogP contribution in [0.5, 0.6) is 0 Å². The fraction of sp³-hybridized carbons (Fsp3) is 0.200. The maximum atomic E-state index is 14.2. The van der Waals surface area contributed by atoms with E-state index in [-0.39, 0.29) is 48.8 Å². The van der Waals surface area contributed by atoms with E-state index in [0.717, 1.165) is 6.07 Å². The highest BCUT2D eigenvalue weighted by Crippen LogP contribution is 2.33. The minimum atomic E-state index is -0.750. The molecule has 1 aliphatic carbocycles. The first kappa shape index (κ1) is 26.7. The van der Waals surface area contributed by atoms with Crippen LogP contribution in [0.4, 0.5) is 13.2 Å². The molecular formula is C30H24F3NO4. The van der Waals surface area contributed by atoms with Gasteiger partial charge < -0.3 is 4.74 Å². The van der Waals surface area contributed by atoms with Crippen molar-refractivity contribution in [2.24, 2.45) is 0 Å². The number of halogens is 3. The molecule has 0 aliphatic heterocycles. The normalized spacial score (nSPS) is 13.7. The zero-order valence-corrected chi connectivity index (χ0v) is 20.5. The molecule has 38 heavy (non-hydrogen) atoms. The van der Waals surface area contributed by atoms with Crippen molar-refractivity contribution in [3.63, 3.8) is 0 Å². The van der Waals surface area contributed by atoms with Gasteiger partial charge >= 0.3 is 0 Å². The molecule has 4 rings (SSSR count). The second-order valence-corrected chi connectivity index (χ2v) is 9.02. The molecule has 8 heteroatoms. The summed E-state index contributed by atoms with van der Waals surface area (Å²) in [5.41, 5.74) is 1.74. The van der Waals surface area contributed by atoms with Gasteiger partial charge in [0.1, 0.15) is 29.8 Å². The van der Waals surface area contributed by atoms with Crippen molar-refractivity contribution in [3.8, 4) is 11.1 Å². The van der Waals surface area contributed by atoms with Crippen LogP contribution in [0.2, 0.25) is 0 Å². The number of ether oxygens (including phenoxy) is 1. The fourth-order valence-corrected chi connectivity index (χ4v) is 4.37. The highest BCUT2D eigenvalue weighted by molar-refractivity contribution is 5.95. The Hall–Kier alpha value is -4.33. The molecule has 5 nitrogen and oxygen atoms in total. The minimum absolute atomic E-state index is 0.0757. The lowest BCUT2D eigenvalue weighted by molar-refractivity contribution is -0.123. The van der Waals surface area contributed by atoms with Gasteiger partial charge in [0.2, 0.25) is 0 Å². The van der Waals surface area contributed by atoms with Crippen LogP contribution < -0.4 is 0 Å². The third-order valence-corrected chi connectivity index (χ3v) is 6.06. The van der Waals surface area contributed by atoms with Gasteiger partial charge in [-0.3, -0.25) is 19.4 Å². The van der Waals surface area contributed by atoms with Crippen molar-refractivity contribution in [3.05, 3.63) is 113 Å². The summed E-state index contributed by atoms with van der Waals surface area (Å²) in [6.45, 7) is 0.946. The fourth-order valence-electron chi connectivity index (χ4n) is 4.37. The molecule has 0 unspecified atom stereocenters. The van der Waals surface area contributed by atoms with E-state index in [1.807, 2.05) is 0 Å². The smallest absolute Gasteiger partial charge is 0.170 e. The van der Waals surface area contributed by atoms with E-state index < -0.39 is 29.2 Å². The van der Waals surface area contributed by atoms with Crippen LogP contribution in [0.25, 0.3) is 11.1 Å². The predicted molar refractivity (Wildman–Crippen MR) is 135 cm³/mol. The summed E-state index contributed by atoms with van der Waals surface area (Å²) in [4.78, 5) is 41.0. The molecule has 0 bridgehead atoms. The van der Waals surface area contributed by atoms with Gasteiger partial charge in [-0.15, -0.1) is 0 Å². The average Bonchev–Trinajstić information content (AvgIpc) is 2.87. The lowest BCUT2D eigenvalue weighted by Crippen LogP contribution is -2.17. The van der Waals surface area contributed by atoms with Gasteiger partial charge in [-0.1, -0.05) is 18.2 Å². The van der Waals surface area contributed by atoms with Gasteiger partial charge in [0, 0.05) is 42.7 Å². The molecule has 194 valence electrons. The Balaban J connectivity index is 1.67. The van der Waals surface area contributed by atoms with E-state index in [2.05, 4.69) is 4.98 Å². The van der Waals surface area contributed by atoms with E-state index in [0.29, 0.717) is 22.4 Å². The van der Waals surface area contributed by atoms with Crippen LogP contribution >= 0.6 is 0 Å². The Bertz CT molecular complexity index is 1440. The number of ketones is 3. The second kappa shape index (κ2) is 11.8. The Morgan fingerprint density at radius 2 is 1.82 bits per heavy atom. The Labute approximate surface area is 217 Å². The third kappa shape index (κ3) is 6.70. The number of hydrogen-bond donors (Lipinski definition) is 0. The van der Waals surface area contributed by atoms with Crippen molar-refractivity contribution < 1.29 is 32.3 Å². The van der Waals surface area contributed by atoms with Crippen molar-refractivity contribution >= 4 is 17.3 Å². The number of rotatable bonds is 10. The largest absolute Gasteiger partial charge is 0.486 e. The van der Waals surface area contributed by atoms with Crippen LogP contribution in [0, 0.1) is 17.5 Å². The molecule has 0 saturated heterocycles. The lowest BCUT2D eigenvalue weighted by atomic mass is 9.86. The van der Waals surface area contributed by atoms with Crippen LogP contribution in [0.15, 0.2) is 78.7 Å². The molecular weight excluding hydrogens is 495 g/mol. The van der Waals surface area contributed by atoms with Crippen LogP contribution in [0.1, 0.15) is 47.3 Å².